The first-order chi connectivity index (χ1) is 13.0. The fourth-order valence-electron chi connectivity index (χ4n) is 2.32. The van der Waals surface area contributed by atoms with Crippen molar-refractivity contribution in [2.45, 2.75) is 0 Å². The molecule has 0 unspecified atom stereocenters. The summed E-state index contributed by atoms with van der Waals surface area (Å²) in [5, 5.41) is 8.81. The molecule has 0 fully saturated rings. The number of carbonyl (C=O) groups excluding carboxylic acids is 3. The number of rotatable bonds is 6. The number of hydrogen-bond donors (Lipinski definition) is 3. The molecule has 0 spiro atoms. The Morgan fingerprint density at radius 2 is 1.74 bits per heavy atom. The molecule has 2 aromatic carbocycles. The topological polar surface area (TPSA) is 127 Å². The number of anilines is 1. The fourth-order valence-corrected chi connectivity index (χ4v) is 2.32. The van der Waals surface area contributed by atoms with Crippen molar-refractivity contribution < 1.29 is 18.9 Å². The standard InChI is InChI=1S/C19H16N4O4/c20-17(24)11-21-18(25)13-7-4-8-14(9-13)22-19(26)15-10-16(27-23-15)12-5-2-1-3-6-12/h1-10H,11H2,(H2,20,24)(H,21,25)(H,22,26). The Hall–Kier alpha value is -3.94. The van der Waals surface area contributed by atoms with Crippen molar-refractivity contribution >= 4 is 23.4 Å². The predicted octanol–water partition coefficient (Wildman–Crippen LogP) is 1.81. The molecule has 27 heavy (non-hydrogen) atoms. The van der Waals surface area contributed by atoms with Gasteiger partial charge in [0.25, 0.3) is 11.8 Å². The van der Waals surface area contributed by atoms with Crippen LogP contribution in [-0.4, -0.2) is 29.4 Å². The summed E-state index contributed by atoms with van der Waals surface area (Å²) in [6, 6.07) is 17.1. The van der Waals surface area contributed by atoms with E-state index in [4.69, 9.17) is 10.3 Å². The average Bonchev–Trinajstić information content (AvgIpc) is 3.17. The van der Waals surface area contributed by atoms with Crippen molar-refractivity contribution in [1.29, 1.82) is 0 Å². The highest BCUT2D eigenvalue weighted by Gasteiger charge is 2.15. The number of aromatic nitrogens is 1. The maximum atomic E-state index is 12.4. The number of hydrogen-bond acceptors (Lipinski definition) is 5. The Balaban J connectivity index is 1.69. The van der Waals surface area contributed by atoms with E-state index in [2.05, 4.69) is 15.8 Å². The van der Waals surface area contributed by atoms with Crippen LogP contribution in [0.4, 0.5) is 5.69 Å². The highest BCUT2D eigenvalue weighted by Crippen LogP contribution is 2.20. The van der Waals surface area contributed by atoms with Gasteiger partial charge in [0.05, 0.1) is 6.54 Å². The second-order valence-electron chi connectivity index (χ2n) is 5.63. The van der Waals surface area contributed by atoms with E-state index < -0.39 is 17.7 Å². The normalized spacial score (nSPS) is 10.2. The molecule has 0 saturated heterocycles. The van der Waals surface area contributed by atoms with Crippen molar-refractivity contribution in [1.82, 2.24) is 10.5 Å². The van der Waals surface area contributed by atoms with Gasteiger partial charge >= 0.3 is 0 Å². The summed E-state index contributed by atoms with van der Waals surface area (Å²) in [6.07, 6.45) is 0. The fraction of sp³-hybridized carbons (Fsp3) is 0.0526. The zero-order chi connectivity index (χ0) is 19.2. The highest BCUT2D eigenvalue weighted by atomic mass is 16.5. The minimum atomic E-state index is -0.645. The first-order valence-electron chi connectivity index (χ1n) is 8.03. The highest BCUT2D eigenvalue weighted by molar-refractivity contribution is 6.04. The van der Waals surface area contributed by atoms with E-state index in [9.17, 15) is 14.4 Å². The Bertz CT molecular complexity index is 982. The second kappa shape index (κ2) is 7.96. The molecule has 0 radical (unpaired) electrons. The Morgan fingerprint density at radius 3 is 2.48 bits per heavy atom. The van der Waals surface area contributed by atoms with Gasteiger partial charge in [0, 0.05) is 22.9 Å². The van der Waals surface area contributed by atoms with E-state index in [1.54, 1.807) is 18.2 Å². The minimum absolute atomic E-state index is 0.109. The lowest BCUT2D eigenvalue weighted by Crippen LogP contribution is -2.33. The van der Waals surface area contributed by atoms with Crippen LogP contribution in [0.3, 0.4) is 0 Å². The lowest BCUT2D eigenvalue weighted by Gasteiger charge is -2.06. The van der Waals surface area contributed by atoms with Crippen LogP contribution in [0.5, 0.6) is 0 Å². The largest absolute Gasteiger partial charge is 0.368 e. The number of benzene rings is 2. The van der Waals surface area contributed by atoms with E-state index in [0.717, 1.165) is 5.56 Å². The summed E-state index contributed by atoms with van der Waals surface area (Å²) in [5.41, 5.74) is 6.58. The van der Waals surface area contributed by atoms with E-state index in [-0.39, 0.29) is 17.8 Å². The van der Waals surface area contributed by atoms with E-state index in [1.807, 2.05) is 30.3 Å². The van der Waals surface area contributed by atoms with Crippen LogP contribution in [0.2, 0.25) is 0 Å². The van der Waals surface area contributed by atoms with Gasteiger partial charge in [0.2, 0.25) is 5.91 Å². The van der Waals surface area contributed by atoms with Crippen molar-refractivity contribution in [2.24, 2.45) is 5.73 Å². The zero-order valence-electron chi connectivity index (χ0n) is 14.1. The number of carbonyl (C=O) groups is 3. The molecule has 4 N–H and O–H groups in total. The van der Waals surface area contributed by atoms with Crippen molar-refractivity contribution in [3.05, 3.63) is 71.9 Å². The molecular weight excluding hydrogens is 348 g/mol. The molecule has 3 amide bonds. The monoisotopic (exact) mass is 364 g/mol. The second-order valence-corrected chi connectivity index (χ2v) is 5.63. The van der Waals surface area contributed by atoms with Crippen molar-refractivity contribution in [3.8, 4) is 11.3 Å². The van der Waals surface area contributed by atoms with Gasteiger partial charge in [0.1, 0.15) is 0 Å². The van der Waals surface area contributed by atoms with Gasteiger partial charge in [-0.05, 0) is 18.2 Å². The molecule has 8 heteroatoms. The number of nitrogens with one attached hydrogen (secondary N) is 2. The molecule has 0 aliphatic heterocycles. The minimum Gasteiger partial charge on any atom is -0.368 e. The first-order valence-corrected chi connectivity index (χ1v) is 8.03. The maximum Gasteiger partial charge on any atom is 0.277 e. The maximum absolute atomic E-state index is 12.4. The Morgan fingerprint density at radius 1 is 0.963 bits per heavy atom. The van der Waals surface area contributed by atoms with Crippen LogP contribution in [0.25, 0.3) is 11.3 Å². The zero-order valence-corrected chi connectivity index (χ0v) is 14.1. The average molecular weight is 364 g/mol. The van der Waals surface area contributed by atoms with Crippen LogP contribution in [0.1, 0.15) is 20.8 Å². The molecule has 0 saturated carbocycles. The van der Waals surface area contributed by atoms with Crippen LogP contribution in [0.15, 0.2) is 65.2 Å². The van der Waals surface area contributed by atoms with E-state index in [1.165, 1.54) is 12.1 Å². The lowest BCUT2D eigenvalue weighted by molar-refractivity contribution is -0.117. The molecule has 0 aliphatic rings. The molecule has 0 bridgehead atoms. The molecule has 136 valence electrons. The summed E-state index contributed by atoms with van der Waals surface area (Å²) in [6.45, 7) is -0.267. The number of primary amides is 1. The molecule has 3 aromatic rings. The summed E-state index contributed by atoms with van der Waals surface area (Å²) >= 11 is 0. The van der Waals surface area contributed by atoms with Crippen LogP contribution < -0.4 is 16.4 Å². The summed E-state index contributed by atoms with van der Waals surface area (Å²) < 4.78 is 5.21. The molecule has 8 nitrogen and oxygen atoms in total. The quantitative estimate of drug-likeness (QED) is 0.615. The number of amides is 3. The Kier molecular flexibility index (Phi) is 5.27. The van der Waals surface area contributed by atoms with Crippen molar-refractivity contribution in [2.75, 3.05) is 11.9 Å². The van der Waals surface area contributed by atoms with Crippen LogP contribution in [-0.2, 0) is 4.79 Å². The first kappa shape index (κ1) is 17.9. The summed E-state index contributed by atoms with van der Waals surface area (Å²) in [5.74, 6) is -1.12. The number of nitrogens with two attached hydrogens (primary N) is 1. The third kappa shape index (κ3) is 4.57. The molecule has 1 aromatic heterocycles. The summed E-state index contributed by atoms with van der Waals surface area (Å²) in [7, 11) is 0. The van der Waals surface area contributed by atoms with Gasteiger partial charge in [-0.15, -0.1) is 0 Å². The molecule has 0 aliphatic carbocycles. The van der Waals surface area contributed by atoms with E-state index >= 15 is 0 Å². The van der Waals surface area contributed by atoms with Crippen LogP contribution in [0, 0.1) is 0 Å². The van der Waals surface area contributed by atoms with Gasteiger partial charge in [-0.3, -0.25) is 14.4 Å². The third-order valence-corrected chi connectivity index (χ3v) is 3.61. The van der Waals surface area contributed by atoms with Gasteiger partial charge in [-0.2, -0.15) is 0 Å². The Labute approximate surface area is 154 Å². The molecular formula is C19H16N4O4. The molecule has 3 rings (SSSR count). The van der Waals surface area contributed by atoms with Gasteiger partial charge in [-0.1, -0.05) is 41.6 Å². The SMILES string of the molecule is NC(=O)CNC(=O)c1cccc(NC(=O)c2cc(-c3ccccc3)on2)c1. The molecule has 0 atom stereocenters. The predicted molar refractivity (Wildman–Crippen MR) is 97.9 cm³/mol. The van der Waals surface area contributed by atoms with Crippen LogP contribution >= 0.6 is 0 Å². The van der Waals surface area contributed by atoms with Gasteiger partial charge in [0.15, 0.2) is 11.5 Å². The van der Waals surface area contributed by atoms with Gasteiger partial charge < -0.3 is 20.9 Å². The van der Waals surface area contributed by atoms with E-state index in [0.29, 0.717) is 11.4 Å². The number of nitrogens with zero attached hydrogens (tertiary/aromatic N) is 1. The smallest absolute Gasteiger partial charge is 0.277 e. The lowest BCUT2D eigenvalue weighted by atomic mass is 10.1. The van der Waals surface area contributed by atoms with Gasteiger partial charge in [-0.25, -0.2) is 0 Å². The van der Waals surface area contributed by atoms with Crippen molar-refractivity contribution in [3.63, 3.8) is 0 Å². The molecule has 1 heterocycles. The summed E-state index contributed by atoms with van der Waals surface area (Å²) in [4.78, 5) is 35.1. The third-order valence-electron chi connectivity index (χ3n) is 3.61.